The molecule has 25 heavy (non-hydrogen) atoms. The van der Waals surface area contributed by atoms with Crippen LogP contribution in [0.4, 0.5) is 0 Å². The highest BCUT2D eigenvalue weighted by Gasteiger charge is 2.30. The number of nitrogens with zero attached hydrogens (tertiary/aromatic N) is 2. The minimum Gasteiger partial charge on any atom is -0.354 e. The molecule has 2 heterocycles. The van der Waals surface area contributed by atoms with Gasteiger partial charge in [0.1, 0.15) is 5.69 Å². The smallest absolute Gasteiger partial charge is 0.267 e. The number of amides is 2. The second-order valence-corrected chi connectivity index (χ2v) is 7.17. The second kappa shape index (κ2) is 7.89. The van der Waals surface area contributed by atoms with Gasteiger partial charge in [0.2, 0.25) is 5.91 Å². The highest BCUT2D eigenvalue weighted by molar-refractivity contribution is 5.92. The third kappa shape index (κ3) is 3.80. The lowest BCUT2D eigenvalue weighted by atomic mass is 9.94. The van der Waals surface area contributed by atoms with Gasteiger partial charge in [-0.3, -0.25) is 9.59 Å². The van der Waals surface area contributed by atoms with Gasteiger partial charge in [0.05, 0.1) is 6.04 Å². The lowest BCUT2D eigenvalue weighted by Crippen LogP contribution is -2.39. The number of likely N-dealkylation sites (tertiary alicyclic amines) is 1. The molecule has 0 bridgehead atoms. The van der Waals surface area contributed by atoms with Gasteiger partial charge in [-0.25, -0.2) is 0 Å². The zero-order valence-corrected chi connectivity index (χ0v) is 15.4. The van der Waals surface area contributed by atoms with E-state index < -0.39 is 0 Å². The highest BCUT2D eigenvalue weighted by atomic mass is 16.2. The molecule has 1 aromatic rings. The Morgan fingerprint density at radius 1 is 1.20 bits per heavy atom. The Bertz CT molecular complexity index is 674. The Kier molecular flexibility index (Phi) is 5.61. The average molecular weight is 343 g/mol. The molecule has 2 amide bonds. The minimum absolute atomic E-state index is 0.0776. The molecular formula is C20H29N3O2. The Labute approximate surface area is 150 Å². The molecule has 1 aliphatic heterocycles. The van der Waals surface area contributed by atoms with E-state index in [1.54, 1.807) is 7.05 Å². The molecule has 5 nitrogen and oxygen atoms in total. The van der Waals surface area contributed by atoms with Crippen LogP contribution in [0.1, 0.15) is 73.6 Å². The monoisotopic (exact) mass is 343 g/mol. The van der Waals surface area contributed by atoms with Crippen LogP contribution < -0.4 is 5.32 Å². The summed E-state index contributed by atoms with van der Waals surface area (Å²) in [7, 11) is 3.56. The first-order chi connectivity index (χ1) is 12.1. The van der Waals surface area contributed by atoms with Crippen LogP contribution in [0, 0.1) is 0 Å². The van der Waals surface area contributed by atoms with E-state index in [4.69, 9.17) is 0 Å². The lowest BCUT2D eigenvalue weighted by molar-refractivity contribution is -0.134. The topological polar surface area (TPSA) is 54.3 Å². The van der Waals surface area contributed by atoms with E-state index >= 15 is 0 Å². The molecule has 1 unspecified atom stereocenters. The Hall–Kier alpha value is -2.04. The molecule has 5 heteroatoms. The average Bonchev–Trinajstić information content (AvgIpc) is 3.03. The summed E-state index contributed by atoms with van der Waals surface area (Å²) in [5.74, 6) is 0.148. The van der Waals surface area contributed by atoms with Gasteiger partial charge in [-0.05, 0) is 57.1 Å². The van der Waals surface area contributed by atoms with Crippen LogP contribution >= 0.6 is 0 Å². The van der Waals surface area contributed by atoms with E-state index in [-0.39, 0.29) is 17.9 Å². The molecule has 1 aliphatic carbocycles. The predicted octanol–water partition coefficient (Wildman–Crippen LogP) is 3.33. The third-order valence-corrected chi connectivity index (χ3v) is 5.55. The molecule has 0 saturated carbocycles. The molecule has 0 radical (unpaired) electrons. The predicted molar refractivity (Wildman–Crippen MR) is 98.3 cm³/mol. The standard InChI is InChI=1S/C20H29N3O2/c1-21-20(25)18-12-11-16(22(18)2)17-10-6-7-13-23(17)19(24)14-15-8-4-3-5-9-15/h8,11-12,17H,3-7,9-10,13-14H2,1-2H3,(H,21,25). The molecule has 0 spiro atoms. The third-order valence-electron chi connectivity index (χ3n) is 5.55. The van der Waals surface area contributed by atoms with Gasteiger partial charge in [0, 0.05) is 32.8 Å². The first kappa shape index (κ1) is 17.8. The van der Waals surface area contributed by atoms with E-state index in [0.29, 0.717) is 12.1 Å². The maximum Gasteiger partial charge on any atom is 0.267 e. The fraction of sp³-hybridized carbons (Fsp3) is 0.600. The number of rotatable bonds is 4. The van der Waals surface area contributed by atoms with Gasteiger partial charge < -0.3 is 14.8 Å². The highest BCUT2D eigenvalue weighted by Crippen LogP contribution is 2.33. The van der Waals surface area contributed by atoms with Crippen molar-refractivity contribution >= 4 is 11.8 Å². The van der Waals surface area contributed by atoms with E-state index in [0.717, 1.165) is 44.3 Å². The first-order valence-electron chi connectivity index (χ1n) is 9.47. The largest absolute Gasteiger partial charge is 0.354 e. The molecule has 1 N–H and O–H groups in total. The van der Waals surface area contributed by atoms with Crippen molar-refractivity contribution in [1.82, 2.24) is 14.8 Å². The summed E-state index contributed by atoms with van der Waals surface area (Å²) in [4.78, 5) is 27.0. The summed E-state index contributed by atoms with van der Waals surface area (Å²) < 4.78 is 1.94. The van der Waals surface area contributed by atoms with Gasteiger partial charge in [-0.2, -0.15) is 0 Å². The fourth-order valence-corrected chi connectivity index (χ4v) is 4.12. The molecular weight excluding hydrogens is 314 g/mol. The maximum absolute atomic E-state index is 13.0. The summed E-state index contributed by atoms with van der Waals surface area (Å²) in [6, 6.07) is 3.93. The summed E-state index contributed by atoms with van der Waals surface area (Å²) >= 11 is 0. The van der Waals surface area contributed by atoms with Crippen molar-refractivity contribution in [2.45, 2.75) is 57.4 Å². The van der Waals surface area contributed by atoms with Crippen LogP contribution in [0.5, 0.6) is 0 Å². The van der Waals surface area contributed by atoms with Crippen LogP contribution in [0.25, 0.3) is 0 Å². The van der Waals surface area contributed by atoms with Crippen LogP contribution in [0.2, 0.25) is 0 Å². The van der Waals surface area contributed by atoms with Crippen LogP contribution in [-0.4, -0.2) is 34.9 Å². The van der Waals surface area contributed by atoms with Crippen molar-refractivity contribution in [2.24, 2.45) is 7.05 Å². The van der Waals surface area contributed by atoms with Crippen molar-refractivity contribution in [3.05, 3.63) is 35.2 Å². The molecule has 0 aromatic carbocycles. The molecule has 2 aliphatic rings. The fourth-order valence-electron chi connectivity index (χ4n) is 4.12. The molecule has 136 valence electrons. The van der Waals surface area contributed by atoms with Crippen LogP contribution in [0.3, 0.4) is 0 Å². The Morgan fingerprint density at radius 3 is 2.76 bits per heavy atom. The van der Waals surface area contributed by atoms with Gasteiger partial charge in [-0.1, -0.05) is 11.6 Å². The quantitative estimate of drug-likeness (QED) is 0.853. The Morgan fingerprint density at radius 2 is 2.04 bits per heavy atom. The van der Waals surface area contributed by atoms with E-state index in [1.807, 2.05) is 28.6 Å². The molecule has 1 atom stereocenters. The Balaban J connectivity index is 1.79. The van der Waals surface area contributed by atoms with Gasteiger partial charge in [0.15, 0.2) is 0 Å². The summed E-state index contributed by atoms with van der Waals surface area (Å²) in [6.45, 7) is 0.817. The minimum atomic E-state index is -0.0882. The molecule has 3 rings (SSSR count). The molecule has 1 aromatic heterocycles. The van der Waals surface area contributed by atoms with Crippen molar-refractivity contribution < 1.29 is 9.59 Å². The zero-order chi connectivity index (χ0) is 17.8. The number of aromatic nitrogens is 1. The maximum atomic E-state index is 13.0. The first-order valence-corrected chi connectivity index (χ1v) is 9.47. The summed E-state index contributed by atoms with van der Waals surface area (Å²) in [5, 5.41) is 2.68. The van der Waals surface area contributed by atoms with E-state index in [2.05, 4.69) is 11.4 Å². The molecule has 1 fully saturated rings. The van der Waals surface area contributed by atoms with Crippen LogP contribution in [0.15, 0.2) is 23.8 Å². The second-order valence-electron chi connectivity index (χ2n) is 7.17. The normalized spacial score (nSPS) is 21.0. The number of hydrogen-bond donors (Lipinski definition) is 1. The van der Waals surface area contributed by atoms with Crippen molar-refractivity contribution in [2.75, 3.05) is 13.6 Å². The number of allylic oxidation sites excluding steroid dienone is 1. The number of nitrogens with one attached hydrogen (secondary N) is 1. The van der Waals surface area contributed by atoms with E-state index in [9.17, 15) is 9.59 Å². The van der Waals surface area contributed by atoms with Gasteiger partial charge >= 0.3 is 0 Å². The number of carbonyl (C=O) groups excluding carboxylic acids is 2. The zero-order valence-electron chi connectivity index (χ0n) is 15.4. The number of piperidine rings is 1. The number of hydrogen-bond acceptors (Lipinski definition) is 2. The molecule has 1 saturated heterocycles. The van der Waals surface area contributed by atoms with E-state index in [1.165, 1.54) is 18.4 Å². The lowest BCUT2D eigenvalue weighted by Gasteiger charge is -2.36. The van der Waals surface area contributed by atoms with Crippen molar-refractivity contribution in [1.29, 1.82) is 0 Å². The SMILES string of the molecule is CNC(=O)c1ccc(C2CCCCN2C(=O)CC2=CCCCC2)n1C. The number of carbonyl (C=O) groups is 2. The van der Waals surface area contributed by atoms with Crippen LogP contribution in [-0.2, 0) is 11.8 Å². The summed E-state index contributed by atoms with van der Waals surface area (Å²) in [5.41, 5.74) is 3.01. The van der Waals surface area contributed by atoms with Crippen molar-refractivity contribution in [3.8, 4) is 0 Å². The van der Waals surface area contributed by atoms with Crippen molar-refractivity contribution in [3.63, 3.8) is 0 Å². The van der Waals surface area contributed by atoms with Gasteiger partial charge in [-0.15, -0.1) is 0 Å². The summed E-state index contributed by atoms with van der Waals surface area (Å²) in [6.07, 6.45) is 10.6. The van der Waals surface area contributed by atoms with Gasteiger partial charge in [0.25, 0.3) is 5.91 Å².